The molecule has 298 valence electrons. The fraction of sp³-hybridized carbons (Fsp3) is 0.952. The van der Waals surface area contributed by atoms with Gasteiger partial charge in [0.25, 0.3) is 0 Å². The first-order valence-corrected chi connectivity index (χ1v) is 21.5. The zero-order valence-corrected chi connectivity index (χ0v) is 33.4. The first-order valence-electron chi connectivity index (χ1n) is 21.5. The number of carbonyl (C=O) groups is 2. The van der Waals surface area contributed by atoms with E-state index in [1.807, 2.05) is 0 Å². The Bertz CT molecular complexity index is 692. The number of carbonyl (C=O) groups excluding carboxylic acids is 2. The molecule has 0 aromatic carbocycles. The molecule has 1 N–H and O–H groups in total. The topological polar surface area (TPSA) is 94.5 Å². The molecule has 0 atom stereocenters. The first kappa shape index (κ1) is 48.5. The number of hydrogen-bond acceptors (Lipinski definition) is 8. The van der Waals surface area contributed by atoms with Gasteiger partial charge in [-0.15, -0.1) is 0 Å². The number of ether oxygens (including phenoxy) is 4. The van der Waals surface area contributed by atoms with E-state index in [1.54, 1.807) is 0 Å². The molecule has 0 fully saturated rings. The fourth-order valence-electron chi connectivity index (χ4n) is 6.36. The van der Waals surface area contributed by atoms with E-state index in [0.29, 0.717) is 26.4 Å². The second-order valence-electron chi connectivity index (χ2n) is 14.4. The van der Waals surface area contributed by atoms with E-state index in [4.69, 9.17) is 18.9 Å². The van der Waals surface area contributed by atoms with E-state index in [9.17, 15) is 14.7 Å². The van der Waals surface area contributed by atoms with Crippen molar-refractivity contribution in [1.82, 2.24) is 4.90 Å². The third-order valence-electron chi connectivity index (χ3n) is 9.58. The van der Waals surface area contributed by atoms with Crippen LogP contribution in [0.5, 0.6) is 0 Å². The minimum atomic E-state index is -0.539. The van der Waals surface area contributed by atoms with E-state index in [1.165, 1.54) is 96.3 Å². The zero-order valence-electron chi connectivity index (χ0n) is 33.4. The van der Waals surface area contributed by atoms with E-state index < -0.39 is 12.3 Å². The molecule has 0 heterocycles. The summed E-state index contributed by atoms with van der Waals surface area (Å²) in [6.07, 6.45) is 32.2. The molecule has 0 unspecified atom stereocenters. The van der Waals surface area contributed by atoms with Gasteiger partial charge in [0.15, 0.2) is 0 Å². The van der Waals surface area contributed by atoms with Gasteiger partial charge in [0, 0.05) is 6.54 Å². The van der Waals surface area contributed by atoms with Crippen LogP contribution in [0, 0.1) is 0 Å². The molecule has 0 aliphatic carbocycles. The van der Waals surface area contributed by atoms with Crippen LogP contribution in [0.4, 0.5) is 9.59 Å². The van der Waals surface area contributed by atoms with Gasteiger partial charge in [0.2, 0.25) is 0 Å². The Morgan fingerprint density at radius 1 is 0.440 bits per heavy atom. The third-order valence-corrected chi connectivity index (χ3v) is 9.58. The van der Waals surface area contributed by atoms with Gasteiger partial charge >= 0.3 is 12.3 Å². The molecule has 0 radical (unpaired) electrons. The molecule has 50 heavy (non-hydrogen) atoms. The van der Waals surface area contributed by atoms with Crippen molar-refractivity contribution in [3.8, 4) is 0 Å². The number of hydrogen-bond donors (Lipinski definition) is 1. The summed E-state index contributed by atoms with van der Waals surface area (Å²) in [5, 5.41) is 9.50. The Morgan fingerprint density at radius 2 is 0.780 bits per heavy atom. The van der Waals surface area contributed by atoms with Gasteiger partial charge in [-0.25, -0.2) is 9.59 Å². The molecule has 0 rings (SSSR count). The zero-order chi connectivity index (χ0) is 36.6. The van der Waals surface area contributed by atoms with Crippen LogP contribution in [0.3, 0.4) is 0 Å². The Morgan fingerprint density at radius 3 is 1.18 bits per heavy atom. The predicted octanol–water partition coefficient (Wildman–Crippen LogP) is 12.3. The molecule has 8 nitrogen and oxygen atoms in total. The highest BCUT2D eigenvalue weighted by Crippen LogP contribution is 2.18. The van der Waals surface area contributed by atoms with E-state index in [0.717, 1.165) is 103 Å². The Balaban J connectivity index is 3.94. The van der Waals surface area contributed by atoms with Gasteiger partial charge in [0.1, 0.15) is 6.10 Å². The molecule has 0 aliphatic heterocycles. The number of aliphatic hydroxyl groups excluding tert-OH is 1. The minimum absolute atomic E-state index is 0.0149. The van der Waals surface area contributed by atoms with Crippen LogP contribution in [0.2, 0.25) is 0 Å². The lowest BCUT2D eigenvalue weighted by Crippen LogP contribution is -2.29. The maximum absolute atomic E-state index is 12.5. The normalized spacial score (nSPS) is 11.4. The van der Waals surface area contributed by atoms with E-state index in [2.05, 4.69) is 25.7 Å². The lowest BCUT2D eigenvalue weighted by Gasteiger charge is -2.21. The van der Waals surface area contributed by atoms with Crippen LogP contribution in [0.25, 0.3) is 0 Å². The van der Waals surface area contributed by atoms with E-state index >= 15 is 0 Å². The van der Waals surface area contributed by atoms with Crippen molar-refractivity contribution in [3.05, 3.63) is 0 Å². The highest BCUT2D eigenvalue weighted by atomic mass is 16.7. The lowest BCUT2D eigenvalue weighted by atomic mass is 10.0. The number of unbranched alkanes of at least 4 members (excludes halogenated alkanes) is 22. The second kappa shape index (κ2) is 40.2. The van der Waals surface area contributed by atoms with Crippen LogP contribution in [0.15, 0.2) is 0 Å². The molecule has 0 saturated heterocycles. The van der Waals surface area contributed by atoms with Crippen LogP contribution in [-0.2, 0) is 18.9 Å². The lowest BCUT2D eigenvalue weighted by molar-refractivity contribution is 0.0154. The summed E-state index contributed by atoms with van der Waals surface area (Å²) in [6.45, 7) is 10.8. The summed E-state index contributed by atoms with van der Waals surface area (Å²) in [4.78, 5) is 26.5. The summed E-state index contributed by atoms with van der Waals surface area (Å²) in [5.74, 6) is 0. The van der Waals surface area contributed by atoms with Crippen molar-refractivity contribution in [2.45, 2.75) is 213 Å². The molecule has 0 amide bonds. The average molecular weight is 714 g/mol. The minimum Gasteiger partial charge on any atom is -0.434 e. The van der Waals surface area contributed by atoms with Crippen molar-refractivity contribution >= 4 is 12.3 Å². The molecule has 0 aromatic heterocycles. The number of nitrogens with zero attached hydrogens (tertiary/aromatic N) is 1. The predicted molar refractivity (Wildman–Crippen MR) is 208 cm³/mol. The highest BCUT2D eigenvalue weighted by Gasteiger charge is 2.15. The molecule has 0 bridgehead atoms. The highest BCUT2D eigenvalue weighted by molar-refractivity contribution is 5.60. The first-order chi connectivity index (χ1) is 24.6. The molecule has 8 heteroatoms. The van der Waals surface area contributed by atoms with Crippen molar-refractivity contribution in [2.24, 2.45) is 0 Å². The van der Waals surface area contributed by atoms with Crippen molar-refractivity contribution in [3.63, 3.8) is 0 Å². The number of aliphatic hydroxyl groups is 1. The molecular formula is C42H83NO7. The maximum Gasteiger partial charge on any atom is 0.508 e. The second-order valence-corrected chi connectivity index (χ2v) is 14.4. The van der Waals surface area contributed by atoms with Gasteiger partial charge < -0.3 is 29.0 Å². The summed E-state index contributed by atoms with van der Waals surface area (Å²) >= 11 is 0. The van der Waals surface area contributed by atoms with Gasteiger partial charge in [-0.05, 0) is 70.9 Å². The maximum atomic E-state index is 12.5. The van der Waals surface area contributed by atoms with Crippen LogP contribution < -0.4 is 0 Å². The van der Waals surface area contributed by atoms with Gasteiger partial charge in [-0.1, -0.05) is 149 Å². The third kappa shape index (κ3) is 36.3. The molecule has 0 saturated carbocycles. The largest absolute Gasteiger partial charge is 0.508 e. The summed E-state index contributed by atoms with van der Waals surface area (Å²) < 4.78 is 21.6. The van der Waals surface area contributed by atoms with Gasteiger partial charge in [0.05, 0.1) is 26.4 Å². The molecule has 0 aliphatic rings. The molecular weight excluding hydrogens is 630 g/mol. The Kier molecular flexibility index (Phi) is 39.0. The van der Waals surface area contributed by atoms with Crippen LogP contribution >= 0.6 is 0 Å². The van der Waals surface area contributed by atoms with E-state index in [-0.39, 0.29) is 12.7 Å². The smallest absolute Gasteiger partial charge is 0.434 e. The van der Waals surface area contributed by atoms with Crippen LogP contribution in [-0.4, -0.2) is 74.5 Å². The fourth-order valence-corrected chi connectivity index (χ4v) is 6.36. The molecule has 0 spiro atoms. The SMILES string of the molecule is CCCCCCCCCOC(=O)OCCCCCCN(CCO)CCCCCCOC(=O)OC(CCCCCCCC)CCCCCCCC. The Labute approximate surface area is 309 Å². The monoisotopic (exact) mass is 714 g/mol. The van der Waals surface area contributed by atoms with Gasteiger partial charge in [-0.2, -0.15) is 0 Å². The quantitative estimate of drug-likeness (QED) is 0.0497. The summed E-state index contributed by atoms with van der Waals surface area (Å²) in [7, 11) is 0. The van der Waals surface area contributed by atoms with Crippen LogP contribution in [0.1, 0.15) is 207 Å². The van der Waals surface area contributed by atoms with Crippen molar-refractivity contribution in [2.75, 3.05) is 46.1 Å². The standard InChI is InChI=1S/C42H83NO7/c1-4-7-10-13-16-21-28-37-47-41(45)48-38-29-22-19-26-33-43(35-36-44)34-27-20-23-30-39-49-42(46)50-40(31-24-17-14-11-8-5-2)32-25-18-15-12-9-6-3/h40,44H,4-39H2,1-3H3. The van der Waals surface area contributed by atoms with Crippen molar-refractivity contribution < 1.29 is 33.6 Å². The summed E-state index contributed by atoms with van der Waals surface area (Å²) in [6, 6.07) is 0. The molecule has 0 aromatic rings. The van der Waals surface area contributed by atoms with Gasteiger partial charge in [-0.3, -0.25) is 0 Å². The Hall–Kier alpha value is -1.54. The average Bonchev–Trinajstić information content (AvgIpc) is 3.11. The van der Waals surface area contributed by atoms with Crippen molar-refractivity contribution in [1.29, 1.82) is 0 Å². The number of rotatable bonds is 39. The summed E-state index contributed by atoms with van der Waals surface area (Å²) in [5.41, 5.74) is 0.